The Hall–Kier alpha value is -2.66. The first-order valence-corrected chi connectivity index (χ1v) is 8.32. The quantitative estimate of drug-likeness (QED) is 0.847. The lowest BCUT2D eigenvalue weighted by Crippen LogP contribution is -2.36. The molecule has 3 atom stereocenters. The Bertz CT molecular complexity index is 713. The summed E-state index contributed by atoms with van der Waals surface area (Å²) in [5.41, 5.74) is 0.877. The number of aliphatic hydroxyl groups excluding tert-OH is 1. The van der Waals surface area contributed by atoms with Crippen molar-refractivity contribution >= 4 is 11.9 Å². The van der Waals surface area contributed by atoms with Crippen LogP contribution in [0, 0.1) is 5.92 Å². The predicted molar refractivity (Wildman–Crippen MR) is 91.1 cm³/mol. The number of hydrogen-bond acceptors (Lipinski definition) is 5. The van der Waals surface area contributed by atoms with E-state index in [-0.39, 0.29) is 12.5 Å². The monoisotopic (exact) mass is 340 g/mol. The summed E-state index contributed by atoms with van der Waals surface area (Å²) in [7, 11) is 0. The molecule has 2 aromatic rings. The highest BCUT2D eigenvalue weighted by atomic mass is 16.6. The number of carbonyl (C=O) groups is 2. The van der Waals surface area contributed by atoms with E-state index in [0.29, 0.717) is 24.0 Å². The number of aliphatic hydroxyl groups is 1. The van der Waals surface area contributed by atoms with Gasteiger partial charge in [-0.25, -0.2) is 9.59 Å². The minimum atomic E-state index is -0.648. The lowest BCUT2D eigenvalue weighted by molar-refractivity contribution is -0.0409. The molecule has 1 fully saturated rings. The van der Waals surface area contributed by atoms with Gasteiger partial charge in [-0.15, -0.1) is 0 Å². The highest BCUT2D eigenvalue weighted by Gasteiger charge is 2.41. The van der Waals surface area contributed by atoms with E-state index >= 15 is 0 Å². The number of esters is 2. The van der Waals surface area contributed by atoms with Crippen LogP contribution in [-0.4, -0.2) is 35.9 Å². The van der Waals surface area contributed by atoms with Gasteiger partial charge in [0.2, 0.25) is 0 Å². The molecule has 1 aliphatic carbocycles. The number of carbonyl (C=O) groups excluding carboxylic acids is 2. The molecular weight excluding hydrogens is 320 g/mol. The number of benzene rings is 2. The average molecular weight is 340 g/mol. The molecule has 1 saturated carbocycles. The summed E-state index contributed by atoms with van der Waals surface area (Å²) >= 11 is 0. The van der Waals surface area contributed by atoms with E-state index in [2.05, 4.69) is 0 Å². The topological polar surface area (TPSA) is 72.8 Å². The first-order chi connectivity index (χ1) is 12.2. The van der Waals surface area contributed by atoms with Gasteiger partial charge in [-0.05, 0) is 37.1 Å². The summed E-state index contributed by atoms with van der Waals surface area (Å²) in [6.07, 6.45) is -0.0186. The standard InChI is InChI=1S/C20H20O5/c21-13-16-11-12-17(24-19(22)14-7-3-1-4-8-14)18(16)25-20(23)15-9-5-2-6-10-15/h1-10,16-18,21H,11-13H2. The Morgan fingerprint density at radius 2 is 1.36 bits per heavy atom. The Kier molecular flexibility index (Phi) is 5.46. The third-order valence-corrected chi connectivity index (χ3v) is 4.41. The fourth-order valence-corrected chi connectivity index (χ4v) is 3.05. The molecule has 0 amide bonds. The van der Waals surface area contributed by atoms with Crippen LogP contribution in [0.1, 0.15) is 33.6 Å². The van der Waals surface area contributed by atoms with Gasteiger partial charge < -0.3 is 14.6 Å². The van der Waals surface area contributed by atoms with E-state index in [9.17, 15) is 14.7 Å². The summed E-state index contributed by atoms with van der Waals surface area (Å²) < 4.78 is 11.1. The largest absolute Gasteiger partial charge is 0.455 e. The molecule has 0 aromatic heterocycles. The molecule has 0 spiro atoms. The van der Waals surface area contributed by atoms with Crippen molar-refractivity contribution < 1.29 is 24.2 Å². The van der Waals surface area contributed by atoms with Crippen molar-refractivity contribution in [1.29, 1.82) is 0 Å². The molecule has 0 heterocycles. The van der Waals surface area contributed by atoms with Gasteiger partial charge in [0.1, 0.15) is 12.2 Å². The molecule has 0 bridgehead atoms. The molecular formula is C20H20O5. The van der Waals surface area contributed by atoms with Gasteiger partial charge >= 0.3 is 11.9 Å². The molecule has 2 aromatic carbocycles. The SMILES string of the molecule is O=C(OC1CCC(CO)C1OC(=O)c1ccccc1)c1ccccc1. The van der Waals surface area contributed by atoms with Crippen molar-refractivity contribution in [2.45, 2.75) is 25.0 Å². The Morgan fingerprint density at radius 3 is 1.88 bits per heavy atom. The van der Waals surface area contributed by atoms with Gasteiger partial charge in [-0.1, -0.05) is 36.4 Å². The zero-order valence-corrected chi connectivity index (χ0v) is 13.7. The van der Waals surface area contributed by atoms with E-state index in [1.807, 2.05) is 12.1 Å². The van der Waals surface area contributed by atoms with Crippen molar-refractivity contribution in [1.82, 2.24) is 0 Å². The first-order valence-electron chi connectivity index (χ1n) is 8.32. The second-order valence-electron chi connectivity index (χ2n) is 6.07. The van der Waals surface area contributed by atoms with Gasteiger partial charge in [-0.3, -0.25) is 0 Å². The minimum absolute atomic E-state index is 0.119. The number of rotatable bonds is 5. The molecule has 5 nitrogen and oxygen atoms in total. The van der Waals surface area contributed by atoms with E-state index in [4.69, 9.17) is 9.47 Å². The summed E-state index contributed by atoms with van der Waals surface area (Å²) in [4.78, 5) is 24.6. The molecule has 0 saturated heterocycles. The fraction of sp³-hybridized carbons (Fsp3) is 0.300. The van der Waals surface area contributed by atoms with Gasteiger partial charge in [0, 0.05) is 12.5 Å². The predicted octanol–water partition coefficient (Wildman–Crippen LogP) is 2.84. The van der Waals surface area contributed by atoms with Gasteiger partial charge in [-0.2, -0.15) is 0 Å². The summed E-state index contributed by atoms with van der Waals surface area (Å²) in [6.45, 7) is -0.119. The van der Waals surface area contributed by atoms with Gasteiger partial charge in [0.05, 0.1) is 11.1 Å². The Balaban J connectivity index is 1.70. The highest BCUT2D eigenvalue weighted by Crippen LogP contribution is 2.32. The molecule has 0 radical (unpaired) electrons. The van der Waals surface area contributed by atoms with Crippen molar-refractivity contribution in [3.63, 3.8) is 0 Å². The van der Waals surface area contributed by atoms with E-state index < -0.39 is 24.1 Å². The average Bonchev–Trinajstić information content (AvgIpc) is 3.04. The van der Waals surface area contributed by atoms with Crippen LogP contribution in [0.15, 0.2) is 60.7 Å². The van der Waals surface area contributed by atoms with Crippen LogP contribution >= 0.6 is 0 Å². The minimum Gasteiger partial charge on any atom is -0.455 e. The first kappa shape index (κ1) is 17.2. The zero-order valence-electron chi connectivity index (χ0n) is 13.7. The lowest BCUT2D eigenvalue weighted by atomic mass is 10.1. The Labute approximate surface area is 146 Å². The maximum atomic E-state index is 12.3. The second-order valence-corrected chi connectivity index (χ2v) is 6.07. The highest BCUT2D eigenvalue weighted by molar-refractivity contribution is 5.90. The normalized spacial score (nSPS) is 22.4. The molecule has 130 valence electrons. The van der Waals surface area contributed by atoms with Gasteiger partial charge in [0.25, 0.3) is 0 Å². The molecule has 3 rings (SSSR count). The zero-order chi connectivity index (χ0) is 17.6. The molecule has 3 unspecified atom stereocenters. The van der Waals surface area contributed by atoms with Crippen molar-refractivity contribution in [2.24, 2.45) is 5.92 Å². The third-order valence-electron chi connectivity index (χ3n) is 4.41. The van der Waals surface area contributed by atoms with E-state index in [1.54, 1.807) is 48.5 Å². The van der Waals surface area contributed by atoms with Crippen molar-refractivity contribution in [2.75, 3.05) is 6.61 Å². The van der Waals surface area contributed by atoms with Gasteiger partial charge in [0.15, 0.2) is 0 Å². The number of hydrogen-bond donors (Lipinski definition) is 1. The van der Waals surface area contributed by atoms with E-state index in [1.165, 1.54) is 0 Å². The fourth-order valence-electron chi connectivity index (χ4n) is 3.05. The smallest absolute Gasteiger partial charge is 0.338 e. The lowest BCUT2D eigenvalue weighted by Gasteiger charge is -2.24. The summed E-state index contributed by atoms with van der Waals surface area (Å²) in [5, 5.41) is 9.56. The van der Waals surface area contributed by atoms with Crippen LogP contribution in [0.5, 0.6) is 0 Å². The van der Waals surface area contributed by atoms with Crippen LogP contribution in [0.4, 0.5) is 0 Å². The number of ether oxygens (including phenoxy) is 2. The summed E-state index contributed by atoms with van der Waals surface area (Å²) in [6, 6.07) is 17.3. The second kappa shape index (κ2) is 7.94. The van der Waals surface area contributed by atoms with Crippen molar-refractivity contribution in [3.05, 3.63) is 71.8 Å². The summed E-state index contributed by atoms with van der Waals surface area (Å²) in [5.74, 6) is -1.17. The maximum absolute atomic E-state index is 12.3. The van der Waals surface area contributed by atoms with Crippen LogP contribution in [0.25, 0.3) is 0 Å². The van der Waals surface area contributed by atoms with Crippen LogP contribution in [0.2, 0.25) is 0 Å². The molecule has 25 heavy (non-hydrogen) atoms. The van der Waals surface area contributed by atoms with Crippen molar-refractivity contribution in [3.8, 4) is 0 Å². The maximum Gasteiger partial charge on any atom is 0.338 e. The molecule has 0 aliphatic heterocycles. The molecule has 1 aliphatic rings. The van der Waals surface area contributed by atoms with Crippen LogP contribution < -0.4 is 0 Å². The third kappa shape index (κ3) is 4.06. The molecule has 5 heteroatoms. The van der Waals surface area contributed by atoms with Crippen LogP contribution in [-0.2, 0) is 9.47 Å². The molecule has 1 N–H and O–H groups in total. The van der Waals surface area contributed by atoms with E-state index in [0.717, 1.165) is 0 Å². The van der Waals surface area contributed by atoms with Crippen LogP contribution in [0.3, 0.4) is 0 Å². The Morgan fingerprint density at radius 1 is 0.840 bits per heavy atom.